The molecule has 7 heteroatoms. The third-order valence-electron chi connectivity index (χ3n) is 4.13. The number of nitrogens with one attached hydrogen (secondary N) is 1. The fraction of sp³-hybridized carbons (Fsp3) is 0.647. The predicted octanol–water partition coefficient (Wildman–Crippen LogP) is 3.04. The standard InChI is InChI=1S/C17H27BN2O4/c1-11-9-12(18-23-16(5,6)17(7,8)24-18)10-13(19-11)20-14(21)22-15(2,3)4/h9-10H,1-8H3,(H,19,20,21). The van der Waals surface area contributed by atoms with Crippen LogP contribution in [0.15, 0.2) is 12.1 Å². The first-order chi connectivity index (χ1) is 10.8. The maximum absolute atomic E-state index is 11.9. The van der Waals surface area contributed by atoms with E-state index < -0.39 is 30.0 Å². The van der Waals surface area contributed by atoms with Crippen molar-refractivity contribution in [1.29, 1.82) is 0 Å². The molecule has 1 aliphatic heterocycles. The topological polar surface area (TPSA) is 69.7 Å². The van der Waals surface area contributed by atoms with Gasteiger partial charge in [-0.15, -0.1) is 0 Å². The summed E-state index contributed by atoms with van der Waals surface area (Å²) >= 11 is 0. The fourth-order valence-electron chi connectivity index (χ4n) is 2.28. The molecule has 132 valence electrons. The first-order valence-corrected chi connectivity index (χ1v) is 8.13. The molecule has 1 N–H and O–H groups in total. The zero-order valence-corrected chi connectivity index (χ0v) is 15.8. The predicted molar refractivity (Wildman–Crippen MR) is 94.5 cm³/mol. The quantitative estimate of drug-likeness (QED) is 0.842. The number of carbonyl (C=O) groups excluding carboxylic acids is 1. The summed E-state index contributed by atoms with van der Waals surface area (Å²) in [6.45, 7) is 15.3. The van der Waals surface area contributed by atoms with Crippen LogP contribution in [0.25, 0.3) is 0 Å². The Morgan fingerprint density at radius 2 is 1.71 bits per heavy atom. The van der Waals surface area contributed by atoms with Crippen molar-refractivity contribution in [3.05, 3.63) is 17.8 Å². The minimum atomic E-state index is -0.567. The van der Waals surface area contributed by atoms with Gasteiger partial charge in [-0.3, -0.25) is 5.32 Å². The van der Waals surface area contributed by atoms with Gasteiger partial charge in [-0.25, -0.2) is 9.78 Å². The third-order valence-corrected chi connectivity index (χ3v) is 4.13. The van der Waals surface area contributed by atoms with Crippen molar-refractivity contribution in [2.45, 2.75) is 72.2 Å². The van der Waals surface area contributed by atoms with Crippen LogP contribution in [0.3, 0.4) is 0 Å². The molecule has 0 saturated carbocycles. The van der Waals surface area contributed by atoms with E-state index in [1.165, 1.54) is 0 Å². The number of rotatable bonds is 2. The molecular weight excluding hydrogens is 307 g/mol. The van der Waals surface area contributed by atoms with Crippen LogP contribution in [0.2, 0.25) is 0 Å². The number of aryl methyl sites for hydroxylation is 1. The van der Waals surface area contributed by atoms with E-state index in [1.54, 1.807) is 6.07 Å². The lowest BCUT2D eigenvalue weighted by Gasteiger charge is -2.32. The van der Waals surface area contributed by atoms with Crippen molar-refractivity contribution in [2.24, 2.45) is 0 Å². The number of amides is 1. The summed E-state index contributed by atoms with van der Waals surface area (Å²) in [7, 11) is -0.504. The lowest BCUT2D eigenvalue weighted by atomic mass is 9.79. The molecule has 2 heterocycles. The van der Waals surface area contributed by atoms with E-state index in [1.807, 2.05) is 61.5 Å². The van der Waals surface area contributed by atoms with Gasteiger partial charge in [-0.1, -0.05) is 0 Å². The molecule has 6 nitrogen and oxygen atoms in total. The van der Waals surface area contributed by atoms with E-state index in [-0.39, 0.29) is 0 Å². The number of pyridine rings is 1. The van der Waals surface area contributed by atoms with Gasteiger partial charge in [0.05, 0.1) is 11.2 Å². The van der Waals surface area contributed by atoms with E-state index in [0.29, 0.717) is 5.82 Å². The molecule has 0 spiro atoms. The second kappa shape index (κ2) is 6.04. The van der Waals surface area contributed by atoms with Crippen LogP contribution in [0.1, 0.15) is 54.2 Å². The molecule has 0 aliphatic carbocycles. The molecule has 1 aliphatic rings. The summed E-state index contributed by atoms with van der Waals surface area (Å²) in [5.41, 5.74) is 0.157. The highest BCUT2D eigenvalue weighted by molar-refractivity contribution is 6.62. The largest absolute Gasteiger partial charge is 0.495 e. The van der Waals surface area contributed by atoms with Gasteiger partial charge in [0.25, 0.3) is 0 Å². The Hall–Kier alpha value is -1.60. The summed E-state index contributed by atoms with van der Waals surface area (Å²) in [6.07, 6.45) is -0.541. The van der Waals surface area contributed by atoms with Crippen LogP contribution in [-0.4, -0.2) is 35.0 Å². The van der Waals surface area contributed by atoms with E-state index in [4.69, 9.17) is 14.0 Å². The number of aromatic nitrogens is 1. The van der Waals surface area contributed by atoms with E-state index in [9.17, 15) is 4.79 Å². The van der Waals surface area contributed by atoms with E-state index in [0.717, 1.165) is 11.2 Å². The Labute approximate surface area is 144 Å². The Bertz CT molecular complexity index is 622. The number of hydrogen-bond donors (Lipinski definition) is 1. The lowest BCUT2D eigenvalue weighted by molar-refractivity contribution is 0.00578. The molecule has 1 fully saturated rings. The molecule has 2 rings (SSSR count). The van der Waals surface area contributed by atoms with Crippen molar-refractivity contribution in [3.8, 4) is 0 Å². The maximum Gasteiger partial charge on any atom is 0.495 e. The number of carbonyl (C=O) groups is 1. The number of nitrogens with zero attached hydrogens (tertiary/aromatic N) is 1. The number of anilines is 1. The van der Waals surface area contributed by atoms with Crippen LogP contribution >= 0.6 is 0 Å². The van der Waals surface area contributed by atoms with Crippen molar-refractivity contribution in [1.82, 2.24) is 4.98 Å². The molecule has 0 atom stereocenters. The van der Waals surface area contributed by atoms with Gasteiger partial charge in [-0.2, -0.15) is 0 Å². The van der Waals surface area contributed by atoms with Crippen LogP contribution < -0.4 is 10.8 Å². The molecule has 1 aromatic heterocycles. The normalized spacial score (nSPS) is 19.2. The molecule has 1 saturated heterocycles. The minimum absolute atomic E-state index is 0.411. The average Bonchev–Trinajstić information content (AvgIpc) is 2.55. The zero-order valence-electron chi connectivity index (χ0n) is 15.8. The maximum atomic E-state index is 11.9. The molecule has 0 unspecified atom stereocenters. The number of hydrogen-bond acceptors (Lipinski definition) is 5. The Kier molecular flexibility index (Phi) is 4.72. The van der Waals surface area contributed by atoms with Gasteiger partial charge in [-0.05, 0) is 73.0 Å². The monoisotopic (exact) mass is 334 g/mol. The van der Waals surface area contributed by atoms with Crippen LogP contribution in [0.5, 0.6) is 0 Å². The highest BCUT2D eigenvalue weighted by Crippen LogP contribution is 2.36. The van der Waals surface area contributed by atoms with Crippen molar-refractivity contribution >= 4 is 24.5 Å². The SMILES string of the molecule is Cc1cc(B2OC(C)(C)C(C)(C)O2)cc(NC(=O)OC(C)(C)C)n1. The highest BCUT2D eigenvalue weighted by Gasteiger charge is 2.51. The van der Waals surface area contributed by atoms with Gasteiger partial charge in [0, 0.05) is 5.69 Å². The molecule has 24 heavy (non-hydrogen) atoms. The van der Waals surface area contributed by atoms with Gasteiger partial charge < -0.3 is 14.0 Å². The molecule has 1 amide bonds. The molecule has 0 radical (unpaired) electrons. The summed E-state index contributed by atoms with van der Waals surface area (Å²) in [4.78, 5) is 16.3. The van der Waals surface area contributed by atoms with Gasteiger partial charge >= 0.3 is 13.2 Å². The first-order valence-electron chi connectivity index (χ1n) is 8.13. The Morgan fingerprint density at radius 3 is 2.21 bits per heavy atom. The van der Waals surface area contributed by atoms with E-state index >= 15 is 0 Å². The van der Waals surface area contributed by atoms with Crippen LogP contribution in [0.4, 0.5) is 10.6 Å². The Morgan fingerprint density at radius 1 is 1.17 bits per heavy atom. The summed E-state index contributed by atoms with van der Waals surface area (Å²) in [6, 6.07) is 3.64. The Balaban J connectivity index is 2.20. The van der Waals surface area contributed by atoms with E-state index in [2.05, 4.69) is 10.3 Å². The lowest BCUT2D eigenvalue weighted by Crippen LogP contribution is -2.41. The summed E-state index contributed by atoms with van der Waals surface area (Å²) in [5.74, 6) is 0.411. The van der Waals surface area contributed by atoms with Gasteiger partial charge in [0.15, 0.2) is 0 Å². The summed E-state index contributed by atoms with van der Waals surface area (Å²) < 4.78 is 17.4. The van der Waals surface area contributed by atoms with Gasteiger partial charge in [0.2, 0.25) is 0 Å². The van der Waals surface area contributed by atoms with Crippen molar-refractivity contribution in [2.75, 3.05) is 5.32 Å². The van der Waals surface area contributed by atoms with Crippen LogP contribution in [0, 0.1) is 6.92 Å². The summed E-state index contributed by atoms with van der Waals surface area (Å²) in [5, 5.41) is 2.66. The molecule has 1 aromatic rings. The second-order valence-corrected chi connectivity index (χ2v) is 8.14. The third kappa shape index (κ3) is 4.27. The number of ether oxygens (including phenoxy) is 1. The zero-order chi connectivity index (χ0) is 18.3. The molecule has 0 aromatic carbocycles. The van der Waals surface area contributed by atoms with Gasteiger partial charge in [0.1, 0.15) is 11.4 Å². The van der Waals surface area contributed by atoms with Crippen LogP contribution in [-0.2, 0) is 14.0 Å². The van der Waals surface area contributed by atoms with Crippen molar-refractivity contribution < 1.29 is 18.8 Å². The van der Waals surface area contributed by atoms with Crippen molar-refractivity contribution in [3.63, 3.8) is 0 Å². The average molecular weight is 334 g/mol. The fourth-order valence-corrected chi connectivity index (χ4v) is 2.28. The second-order valence-electron chi connectivity index (χ2n) is 8.14. The smallest absolute Gasteiger partial charge is 0.444 e. The first kappa shape index (κ1) is 18.7. The molecular formula is C17H27BN2O4. The minimum Gasteiger partial charge on any atom is -0.444 e. The molecule has 0 bridgehead atoms. The highest BCUT2D eigenvalue weighted by atomic mass is 16.7.